The second-order valence-electron chi connectivity index (χ2n) is 8.10. The van der Waals surface area contributed by atoms with E-state index in [-0.39, 0.29) is 0 Å². The Bertz CT molecular complexity index is 1400. The molecule has 1 aromatic heterocycles. The summed E-state index contributed by atoms with van der Waals surface area (Å²) in [6, 6.07) is 35.8. The molecule has 5 rings (SSSR count). The third-order valence-corrected chi connectivity index (χ3v) is 5.89. The highest BCUT2D eigenvalue weighted by Crippen LogP contribution is 2.30. The van der Waals surface area contributed by atoms with Crippen LogP contribution in [0.1, 0.15) is 19.4 Å². The van der Waals surface area contributed by atoms with Gasteiger partial charge in [-0.2, -0.15) is 5.10 Å². The Kier molecular flexibility index (Phi) is 5.77. The number of hydrogen-bond acceptors (Lipinski definition) is 2. The van der Waals surface area contributed by atoms with Gasteiger partial charge >= 0.3 is 0 Å². The van der Waals surface area contributed by atoms with Crippen LogP contribution in [0.15, 0.2) is 114 Å². The summed E-state index contributed by atoms with van der Waals surface area (Å²) in [4.78, 5) is 0. The molecule has 0 bridgehead atoms. The van der Waals surface area contributed by atoms with Crippen LogP contribution in [0.4, 0.5) is 11.4 Å². The van der Waals surface area contributed by atoms with Crippen LogP contribution in [0, 0.1) is 0 Å². The number of hydrogen-bond donors (Lipinski definition) is 0. The van der Waals surface area contributed by atoms with Gasteiger partial charge in [-0.15, -0.1) is 0 Å². The molecule has 0 N–H and O–H groups in total. The summed E-state index contributed by atoms with van der Waals surface area (Å²) in [5.41, 5.74) is 6.73. The Labute approximate surface area is 194 Å². The van der Waals surface area contributed by atoms with E-state index < -0.39 is 0 Å². The van der Waals surface area contributed by atoms with Crippen LogP contribution in [-0.2, 0) is 6.54 Å². The van der Waals surface area contributed by atoms with Gasteiger partial charge in [-0.05, 0) is 68.0 Å². The zero-order valence-corrected chi connectivity index (χ0v) is 19.0. The molecule has 0 atom stereocenters. The first-order valence-corrected chi connectivity index (χ1v) is 11.4. The molecule has 0 aliphatic heterocycles. The monoisotopic (exact) mass is 429 g/mol. The molecule has 162 valence electrons. The maximum absolute atomic E-state index is 4.92. The van der Waals surface area contributed by atoms with Gasteiger partial charge in [0.05, 0.1) is 17.1 Å². The largest absolute Gasteiger partial charge is 0.341 e. The minimum absolute atomic E-state index is 0.929. The Morgan fingerprint density at radius 3 is 2.03 bits per heavy atom. The molecule has 1 heterocycles. The summed E-state index contributed by atoms with van der Waals surface area (Å²) >= 11 is 0. The topological polar surface area (TPSA) is 20.5 Å². The molecule has 0 unspecified atom stereocenters. The van der Waals surface area contributed by atoms with E-state index in [0.29, 0.717) is 0 Å². The average molecular weight is 430 g/mol. The van der Waals surface area contributed by atoms with Gasteiger partial charge in [0.25, 0.3) is 0 Å². The number of benzene rings is 4. The molecule has 5 aromatic rings. The number of aryl methyl sites for hydroxylation is 1. The lowest BCUT2D eigenvalue weighted by molar-refractivity contribution is 0.827. The minimum Gasteiger partial charge on any atom is -0.341 e. The Balaban J connectivity index is 1.49. The minimum atomic E-state index is 0.929. The van der Waals surface area contributed by atoms with Crippen molar-refractivity contribution in [2.75, 3.05) is 5.01 Å². The quantitative estimate of drug-likeness (QED) is 0.198. The summed E-state index contributed by atoms with van der Waals surface area (Å²) in [5.74, 6) is 0. The molecular weight excluding hydrogens is 402 g/mol. The van der Waals surface area contributed by atoms with Gasteiger partial charge in [0, 0.05) is 28.4 Å². The molecule has 3 heteroatoms. The number of anilines is 2. The smallest absolute Gasteiger partial charge is 0.0652 e. The van der Waals surface area contributed by atoms with Crippen LogP contribution >= 0.6 is 0 Å². The van der Waals surface area contributed by atoms with E-state index in [4.69, 9.17) is 5.10 Å². The van der Waals surface area contributed by atoms with Crippen LogP contribution in [-0.4, -0.2) is 10.3 Å². The molecule has 0 aliphatic rings. The molecule has 0 amide bonds. The van der Waals surface area contributed by atoms with Crippen LogP contribution < -0.4 is 5.01 Å². The lowest BCUT2D eigenvalue weighted by atomic mass is 10.1. The second-order valence-corrected chi connectivity index (χ2v) is 8.10. The fourth-order valence-corrected chi connectivity index (χ4v) is 4.33. The SMILES string of the molecule is CCn1c2ccccc2c2cc(/C=C/C(C)=N/N(c3ccccc3)c3ccccc3)ccc21. The van der Waals surface area contributed by atoms with Crippen molar-refractivity contribution in [3.8, 4) is 0 Å². The van der Waals surface area contributed by atoms with E-state index in [1.54, 1.807) is 0 Å². The molecule has 3 nitrogen and oxygen atoms in total. The Morgan fingerprint density at radius 2 is 1.36 bits per heavy atom. The first-order chi connectivity index (χ1) is 16.2. The van der Waals surface area contributed by atoms with Gasteiger partial charge in [-0.25, -0.2) is 5.01 Å². The second kappa shape index (κ2) is 9.17. The van der Waals surface area contributed by atoms with E-state index in [2.05, 4.69) is 90.4 Å². The highest BCUT2D eigenvalue weighted by Gasteiger charge is 2.09. The van der Waals surface area contributed by atoms with Crippen molar-refractivity contribution in [3.05, 3.63) is 115 Å². The fourth-order valence-electron chi connectivity index (χ4n) is 4.33. The molecule has 4 aromatic carbocycles. The van der Waals surface area contributed by atoms with Gasteiger partial charge in [0.1, 0.15) is 0 Å². The van der Waals surface area contributed by atoms with Crippen molar-refractivity contribution in [1.29, 1.82) is 0 Å². The van der Waals surface area contributed by atoms with Gasteiger partial charge in [-0.1, -0.05) is 66.7 Å². The maximum Gasteiger partial charge on any atom is 0.0652 e. The molecule has 33 heavy (non-hydrogen) atoms. The molecule has 0 fully saturated rings. The fraction of sp³-hybridized carbons (Fsp3) is 0.100. The number of hydrazone groups is 1. The molecule has 0 aliphatic carbocycles. The summed E-state index contributed by atoms with van der Waals surface area (Å²) in [7, 11) is 0. The molecule has 0 spiro atoms. The van der Waals surface area contributed by atoms with Gasteiger partial charge < -0.3 is 4.57 Å². The summed E-state index contributed by atoms with van der Waals surface area (Å²) in [6.07, 6.45) is 4.23. The third-order valence-electron chi connectivity index (χ3n) is 5.89. The Morgan fingerprint density at radius 1 is 0.758 bits per heavy atom. The molecule has 0 radical (unpaired) electrons. The van der Waals surface area contributed by atoms with E-state index in [9.17, 15) is 0 Å². The first kappa shape index (κ1) is 20.8. The van der Waals surface area contributed by atoms with E-state index >= 15 is 0 Å². The normalized spacial score (nSPS) is 12.1. The van der Waals surface area contributed by atoms with Crippen molar-refractivity contribution in [3.63, 3.8) is 0 Å². The van der Waals surface area contributed by atoms with Gasteiger partial charge in [-0.3, -0.25) is 0 Å². The lowest BCUT2D eigenvalue weighted by Gasteiger charge is -2.20. The number of allylic oxidation sites excluding steroid dienone is 1. The summed E-state index contributed by atoms with van der Waals surface area (Å²) in [6.45, 7) is 5.20. The number of aromatic nitrogens is 1. The maximum atomic E-state index is 4.92. The van der Waals surface area contributed by atoms with Crippen molar-refractivity contribution in [1.82, 2.24) is 4.57 Å². The lowest BCUT2D eigenvalue weighted by Crippen LogP contribution is -2.11. The highest BCUT2D eigenvalue weighted by atomic mass is 15.5. The van der Waals surface area contributed by atoms with Crippen molar-refractivity contribution >= 4 is 45.0 Å². The number of fused-ring (bicyclic) bond motifs is 3. The van der Waals surface area contributed by atoms with E-state index in [1.807, 2.05) is 48.3 Å². The molecule has 0 saturated heterocycles. The molecular formula is C30H27N3. The predicted molar refractivity (Wildman–Crippen MR) is 142 cm³/mol. The Hall–Kier alpha value is -4.11. The standard InChI is InChI=1S/C30H27N3/c1-3-32-29-17-11-10-16-27(29)28-22-24(20-21-30(28)32)19-18-23(2)31-33(25-12-6-4-7-13-25)26-14-8-5-9-15-26/h4-22H,3H2,1-2H3/b19-18+,31-23+. The van der Waals surface area contributed by atoms with Crippen LogP contribution in [0.3, 0.4) is 0 Å². The van der Waals surface area contributed by atoms with Crippen LogP contribution in [0.25, 0.3) is 27.9 Å². The number of rotatable bonds is 6. The van der Waals surface area contributed by atoms with E-state index in [0.717, 1.165) is 23.6 Å². The number of para-hydroxylation sites is 3. The predicted octanol–water partition coefficient (Wildman–Crippen LogP) is 8.04. The highest BCUT2D eigenvalue weighted by molar-refractivity contribution is 6.09. The first-order valence-electron chi connectivity index (χ1n) is 11.4. The van der Waals surface area contributed by atoms with Gasteiger partial charge in [0.2, 0.25) is 0 Å². The van der Waals surface area contributed by atoms with Crippen molar-refractivity contribution in [2.45, 2.75) is 20.4 Å². The van der Waals surface area contributed by atoms with Crippen LogP contribution in [0.5, 0.6) is 0 Å². The third kappa shape index (κ3) is 4.18. The average Bonchev–Trinajstić information content (AvgIpc) is 3.20. The zero-order valence-electron chi connectivity index (χ0n) is 19.0. The summed E-state index contributed by atoms with van der Waals surface area (Å²) < 4.78 is 2.38. The van der Waals surface area contributed by atoms with E-state index in [1.165, 1.54) is 27.4 Å². The summed E-state index contributed by atoms with van der Waals surface area (Å²) in [5, 5.41) is 9.50. The van der Waals surface area contributed by atoms with Crippen LogP contribution in [0.2, 0.25) is 0 Å². The van der Waals surface area contributed by atoms with Gasteiger partial charge in [0.15, 0.2) is 0 Å². The van der Waals surface area contributed by atoms with Crippen molar-refractivity contribution in [2.24, 2.45) is 5.10 Å². The van der Waals surface area contributed by atoms with Crippen molar-refractivity contribution < 1.29 is 0 Å². The number of nitrogens with zero attached hydrogens (tertiary/aromatic N) is 3. The molecule has 0 saturated carbocycles. The zero-order chi connectivity index (χ0) is 22.6.